The zero-order chi connectivity index (χ0) is 22.5. The second-order valence-corrected chi connectivity index (χ2v) is 8.19. The molecule has 0 unspecified atom stereocenters. The number of benzene rings is 3. The standard InChI is InChI=1S/C26H19N3O2S/c1-17-7-9-21(10-8-17)24-22(15-27)25(31)29-26(28-24)32-16-23(30)20-13-11-19(12-14-20)18-5-3-2-4-6-18/h2-14H,16H2,1H3,(H,28,29,31). The predicted molar refractivity (Wildman–Crippen MR) is 127 cm³/mol. The topological polar surface area (TPSA) is 86.6 Å². The molecule has 6 heteroatoms. The van der Waals surface area contributed by atoms with Crippen molar-refractivity contribution in [1.29, 1.82) is 5.26 Å². The summed E-state index contributed by atoms with van der Waals surface area (Å²) in [5.74, 6) is 0.0471. The van der Waals surface area contributed by atoms with E-state index in [0.29, 0.717) is 22.0 Å². The van der Waals surface area contributed by atoms with Crippen LogP contribution in [-0.4, -0.2) is 21.5 Å². The van der Waals surface area contributed by atoms with Crippen LogP contribution < -0.4 is 5.56 Å². The lowest BCUT2D eigenvalue weighted by atomic mass is 10.0. The molecule has 1 heterocycles. The van der Waals surface area contributed by atoms with Gasteiger partial charge in [-0.3, -0.25) is 9.59 Å². The molecule has 0 bridgehead atoms. The first-order chi connectivity index (χ1) is 15.5. The van der Waals surface area contributed by atoms with Gasteiger partial charge in [0, 0.05) is 11.1 Å². The van der Waals surface area contributed by atoms with Gasteiger partial charge in [0.05, 0.1) is 11.4 Å². The Hall–Kier alpha value is -3.95. The third-order valence-corrected chi connectivity index (χ3v) is 5.86. The minimum absolute atomic E-state index is 0.0407. The lowest BCUT2D eigenvalue weighted by Gasteiger charge is -2.07. The summed E-state index contributed by atoms with van der Waals surface area (Å²) in [5, 5.41) is 9.71. The number of nitrogens with one attached hydrogen (secondary N) is 1. The summed E-state index contributed by atoms with van der Waals surface area (Å²) in [5.41, 5.74) is 4.23. The number of carbonyl (C=O) groups excluding carboxylic acids is 1. The molecule has 5 nitrogen and oxygen atoms in total. The number of aryl methyl sites for hydroxylation is 1. The van der Waals surface area contributed by atoms with E-state index in [1.165, 1.54) is 0 Å². The third-order valence-electron chi connectivity index (χ3n) is 4.99. The van der Waals surface area contributed by atoms with E-state index < -0.39 is 5.56 Å². The molecule has 1 N–H and O–H groups in total. The zero-order valence-electron chi connectivity index (χ0n) is 17.3. The van der Waals surface area contributed by atoms with Crippen LogP contribution in [0.2, 0.25) is 0 Å². The van der Waals surface area contributed by atoms with Crippen molar-refractivity contribution in [1.82, 2.24) is 9.97 Å². The molecule has 4 aromatic rings. The van der Waals surface area contributed by atoms with Crippen LogP contribution in [0.4, 0.5) is 0 Å². The van der Waals surface area contributed by atoms with Gasteiger partial charge in [0.1, 0.15) is 11.6 Å². The van der Waals surface area contributed by atoms with Crippen molar-refractivity contribution in [3.63, 3.8) is 0 Å². The highest BCUT2D eigenvalue weighted by molar-refractivity contribution is 7.99. The van der Waals surface area contributed by atoms with Gasteiger partial charge < -0.3 is 4.98 Å². The number of rotatable bonds is 6. The maximum Gasteiger partial charge on any atom is 0.270 e. The lowest BCUT2D eigenvalue weighted by Crippen LogP contribution is -2.15. The predicted octanol–water partition coefficient (Wildman–Crippen LogP) is 5.26. The van der Waals surface area contributed by atoms with E-state index in [1.807, 2.05) is 79.7 Å². The van der Waals surface area contributed by atoms with Gasteiger partial charge in [0.15, 0.2) is 10.9 Å². The van der Waals surface area contributed by atoms with Gasteiger partial charge in [0.25, 0.3) is 5.56 Å². The summed E-state index contributed by atoms with van der Waals surface area (Å²) in [6.07, 6.45) is 0. The van der Waals surface area contributed by atoms with Crippen molar-refractivity contribution in [2.45, 2.75) is 12.1 Å². The maximum atomic E-state index is 12.7. The molecule has 32 heavy (non-hydrogen) atoms. The molecule has 1 aromatic heterocycles. The average molecular weight is 438 g/mol. The molecule has 3 aromatic carbocycles. The van der Waals surface area contributed by atoms with Crippen LogP contribution in [0, 0.1) is 18.3 Å². The van der Waals surface area contributed by atoms with Crippen LogP contribution in [0.5, 0.6) is 0 Å². The van der Waals surface area contributed by atoms with Gasteiger partial charge in [-0.25, -0.2) is 4.98 Å². The Morgan fingerprint density at radius 3 is 2.22 bits per heavy atom. The van der Waals surface area contributed by atoms with E-state index in [1.54, 1.807) is 12.1 Å². The number of aromatic nitrogens is 2. The second-order valence-electron chi connectivity index (χ2n) is 7.23. The van der Waals surface area contributed by atoms with Gasteiger partial charge in [-0.2, -0.15) is 5.26 Å². The summed E-state index contributed by atoms with van der Waals surface area (Å²) in [6, 6.07) is 26.8. The first-order valence-corrected chi connectivity index (χ1v) is 11.0. The highest BCUT2D eigenvalue weighted by Crippen LogP contribution is 2.24. The van der Waals surface area contributed by atoms with Crippen LogP contribution in [-0.2, 0) is 0 Å². The molecule has 0 fully saturated rings. The molecule has 0 amide bonds. The Bertz CT molecular complexity index is 1350. The fraction of sp³-hybridized carbons (Fsp3) is 0.0769. The highest BCUT2D eigenvalue weighted by Gasteiger charge is 2.15. The summed E-state index contributed by atoms with van der Waals surface area (Å²) in [7, 11) is 0. The van der Waals surface area contributed by atoms with E-state index in [9.17, 15) is 14.9 Å². The fourth-order valence-electron chi connectivity index (χ4n) is 3.24. The van der Waals surface area contributed by atoms with Crippen molar-refractivity contribution in [2.24, 2.45) is 0 Å². The number of thioether (sulfide) groups is 1. The monoisotopic (exact) mass is 437 g/mol. The molecule has 0 saturated carbocycles. The van der Waals surface area contributed by atoms with E-state index in [-0.39, 0.29) is 17.1 Å². The molecule has 156 valence electrons. The number of aromatic amines is 1. The fourth-order valence-corrected chi connectivity index (χ4v) is 4.00. The number of ketones is 1. The number of hydrogen-bond donors (Lipinski definition) is 1. The van der Waals surface area contributed by atoms with Crippen LogP contribution in [0.3, 0.4) is 0 Å². The Morgan fingerprint density at radius 1 is 0.938 bits per heavy atom. The molecule has 4 rings (SSSR count). The maximum absolute atomic E-state index is 12.7. The molecule has 0 aliphatic carbocycles. The van der Waals surface area contributed by atoms with Crippen LogP contribution in [0.15, 0.2) is 88.8 Å². The van der Waals surface area contributed by atoms with Gasteiger partial charge in [-0.05, 0) is 18.1 Å². The SMILES string of the molecule is Cc1ccc(-c2nc(SCC(=O)c3ccc(-c4ccccc4)cc3)[nH]c(=O)c2C#N)cc1. The molecular formula is C26H19N3O2S. The zero-order valence-corrected chi connectivity index (χ0v) is 18.1. The van der Waals surface area contributed by atoms with Crippen molar-refractivity contribution >= 4 is 17.5 Å². The number of nitriles is 1. The van der Waals surface area contributed by atoms with Crippen LogP contribution >= 0.6 is 11.8 Å². The molecule has 0 aliphatic rings. The number of carbonyl (C=O) groups is 1. The third kappa shape index (κ3) is 4.69. The number of hydrogen-bond acceptors (Lipinski definition) is 5. The van der Waals surface area contributed by atoms with Crippen molar-refractivity contribution in [3.05, 3.63) is 106 Å². The number of H-pyrrole nitrogens is 1. The average Bonchev–Trinajstić information content (AvgIpc) is 2.83. The molecule has 0 radical (unpaired) electrons. The summed E-state index contributed by atoms with van der Waals surface area (Å²) < 4.78 is 0. The molecule has 0 aliphatic heterocycles. The molecular weight excluding hydrogens is 418 g/mol. The van der Waals surface area contributed by atoms with E-state index >= 15 is 0 Å². The molecule has 0 spiro atoms. The Kier molecular flexibility index (Phi) is 6.29. The number of nitrogens with zero attached hydrogens (tertiary/aromatic N) is 2. The Balaban J connectivity index is 1.52. The lowest BCUT2D eigenvalue weighted by molar-refractivity contribution is 0.102. The van der Waals surface area contributed by atoms with E-state index in [2.05, 4.69) is 9.97 Å². The molecule has 0 saturated heterocycles. The normalized spacial score (nSPS) is 10.5. The number of Topliss-reactive ketones (excluding diaryl/α,β-unsaturated/α-hetero) is 1. The van der Waals surface area contributed by atoms with Gasteiger partial charge in [-0.1, -0.05) is 96.2 Å². The van der Waals surface area contributed by atoms with Gasteiger partial charge in [-0.15, -0.1) is 0 Å². The van der Waals surface area contributed by atoms with Crippen LogP contribution in [0.1, 0.15) is 21.5 Å². The Labute approximate surface area is 189 Å². The smallest absolute Gasteiger partial charge is 0.270 e. The van der Waals surface area contributed by atoms with Crippen molar-refractivity contribution in [3.8, 4) is 28.5 Å². The Morgan fingerprint density at radius 2 is 1.56 bits per heavy atom. The van der Waals surface area contributed by atoms with E-state index in [4.69, 9.17) is 0 Å². The first kappa shape index (κ1) is 21.3. The van der Waals surface area contributed by atoms with Crippen molar-refractivity contribution in [2.75, 3.05) is 5.75 Å². The van der Waals surface area contributed by atoms with Gasteiger partial charge >= 0.3 is 0 Å². The largest absolute Gasteiger partial charge is 0.300 e. The highest BCUT2D eigenvalue weighted by atomic mass is 32.2. The first-order valence-electron chi connectivity index (χ1n) is 9.98. The summed E-state index contributed by atoms with van der Waals surface area (Å²) in [6.45, 7) is 1.96. The summed E-state index contributed by atoms with van der Waals surface area (Å²) >= 11 is 1.14. The van der Waals surface area contributed by atoms with Crippen molar-refractivity contribution < 1.29 is 4.79 Å². The molecule has 0 atom stereocenters. The minimum Gasteiger partial charge on any atom is -0.300 e. The summed E-state index contributed by atoms with van der Waals surface area (Å²) in [4.78, 5) is 32.1. The van der Waals surface area contributed by atoms with Gasteiger partial charge in [0.2, 0.25) is 0 Å². The van der Waals surface area contributed by atoms with E-state index in [0.717, 1.165) is 28.5 Å². The quantitative estimate of drug-likeness (QED) is 0.253. The minimum atomic E-state index is -0.514. The second kappa shape index (κ2) is 9.46. The van der Waals surface area contributed by atoms with Crippen LogP contribution in [0.25, 0.3) is 22.4 Å².